The molecule has 1 unspecified atom stereocenters. The van der Waals surface area contributed by atoms with Gasteiger partial charge in [-0.25, -0.2) is 0 Å². The van der Waals surface area contributed by atoms with Gasteiger partial charge in [-0.05, 0) is 49.7 Å². The van der Waals surface area contributed by atoms with E-state index >= 15 is 0 Å². The monoisotopic (exact) mass is 299 g/mol. The third-order valence-corrected chi connectivity index (χ3v) is 5.72. The van der Waals surface area contributed by atoms with Gasteiger partial charge >= 0.3 is 0 Å². The van der Waals surface area contributed by atoms with Crippen LogP contribution in [-0.4, -0.2) is 6.54 Å². The zero-order chi connectivity index (χ0) is 13.9. The molecule has 1 aliphatic carbocycles. The first-order chi connectivity index (χ1) is 9.01. The number of hydrogen-bond donors (Lipinski definition) is 1. The average Bonchev–Trinajstić information content (AvgIpc) is 2.95. The SMILES string of the molecule is CC(C)CC1(CNC(C)c2ccc(Cl)s2)CCCC1. The Bertz CT molecular complexity index is 393. The molecule has 1 N–H and O–H groups in total. The summed E-state index contributed by atoms with van der Waals surface area (Å²) < 4.78 is 0.890. The van der Waals surface area contributed by atoms with Crippen LogP contribution in [0.15, 0.2) is 12.1 Å². The van der Waals surface area contributed by atoms with Crippen molar-refractivity contribution in [1.29, 1.82) is 0 Å². The number of nitrogens with one attached hydrogen (secondary N) is 1. The lowest BCUT2D eigenvalue weighted by Crippen LogP contribution is -2.34. The first-order valence-electron chi connectivity index (χ1n) is 7.49. The van der Waals surface area contributed by atoms with Crippen molar-refractivity contribution >= 4 is 22.9 Å². The van der Waals surface area contributed by atoms with E-state index in [-0.39, 0.29) is 0 Å². The molecule has 0 saturated heterocycles. The molecule has 1 aromatic heterocycles. The molecule has 0 spiro atoms. The molecular formula is C16H26ClNS. The van der Waals surface area contributed by atoms with Gasteiger partial charge in [-0.3, -0.25) is 0 Å². The first-order valence-corrected chi connectivity index (χ1v) is 8.69. The van der Waals surface area contributed by atoms with Gasteiger partial charge in [-0.1, -0.05) is 38.3 Å². The lowest BCUT2D eigenvalue weighted by molar-refractivity contribution is 0.217. The maximum Gasteiger partial charge on any atom is 0.0931 e. The van der Waals surface area contributed by atoms with Gasteiger partial charge in [-0.2, -0.15) is 0 Å². The smallest absolute Gasteiger partial charge is 0.0931 e. The topological polar surface area (TPSA) is 12.0 Å². The molecule has 0 bridgehead atoms. The third-order valence-electron chi connectivity index (χ3n) is 4.31. The van der Waals surface area contributed by atoms with E-state index in [1.54, 1.807) is 11.3 Å². The predicted octanol–water partition coefficient (Wildman–Crippen LogP) is 5.66. The Morgan fingerprint density at radius 2 is 1.95 bits per heavy atom. The fourth-order valence-corrected chi connectivity index (χ4v) is 4.56. The first kappa shape index (κ1) is 15.3. The van der Waals surface area contributed by atoms with Gasteiger partial charge in [0.15, 0.2) is 0 Å². The second kappa shape index (κ2) is 6.60. The van der Waals surface area contributed by atoms with Crippen LogP contribution in [0.3, 0.4) is 0 Å². The molecule has 1 aliphatic rings. The van der Waals surface area contributed by atoms with Crippen LogP contribution in [0, 0.1) is 11.3 Å². The molecule has 1 heterocycles. The Kier molecular flexibility index (Phi) is 5.33. The molecule has 3 heteroatoms. The summed E-state index contributed by atoms with van der Waals surface area (Å²) in [6.07, 6.45) is 6.98. The van der Waals surface area contributed by atoms with E-state index in [9.17, 15) is 0 Å². The quantitative estimate of drug-likeness (QED) is 0.715. The molecule has 108 valence electrons. The number of thiophene rings is 1. The molecule has 1 aromatic rings. The van der Waals surface area contributed by atoms with E-state index in [4.69, 9.17) is 11.6 Å². The van der Waals surface area contributed by atoms with E-state index in [1.807, 2.05) is 6.07 Å². The second-order valence-corrected chi connectivity index (χ2v) is 8.30. The van der Waals surface area contributed by atoms with Crippen LogP contribution >= 0.6 is 22.9 Å². The summed E-state index contributed by atoms with van der Waals surface area (Å²) in [7, 11) is 0. The molecule has 0 radical (unpaired) electrons. The second-order valence-electron chi connectivity index (χ2n) is 6.55. The molecule has 1 fully saturated rings. The molecule has 1 saturated carbocycles. The highest BCUT2D eigenvalue weighted by Crippen LogP contribution is 2.43. The van der Waals surface area contributed by atoms with Crippen molar-refractivity contribution in [1.82, 2.24) is 5.32 Å². The maximum atomic E-state index is 6.02. The standard InChI is InChI=1S/C16H26ClNS/c1-12(2)10-16(8-4-5-9-16)11-18-13(3)14-6-7-15(17)19-14/h6-7,12-13,18H,4-5,8-11H2,1-3H3. The minimum absolute atomic E-state index is 0.419. The van der Waals surface area contributed by atoms with Crippen molar-refractivity contribution < 1.29 is 0 Å². The average molecular weight is 300 g/mol. The molecule has 0 aromatic carbocycles. The van der Waals surface area contributed by atoms with E-state index in [0.717, 1.165) is 16.8 Å². The van der Waals surface area contributed by atoms with Crippen molar-refractivity contribution in [3.63, 3.8) is 0 Å². The van der Waals surface area contributed by atoms with E-state index < -0.39 is 0 Å². The highest BCUT2D eigenvalue weighted by atomic mass is 35.5. The van der Waals surface area contributed by atoms with Crippen LogP contribution in [0.4, 0.5) is 0 Å². The minimum atomic E-state index is 0.419. The van der Waals surface area contributed by atoms with Crippen LogP contribution < -0.4 is 5.32 Å². The van der Waals surface area contributed by atoms with Gasteiger partial charge in [-0.15, -0.1) is 11.3 Å². The zero-order valence-electron chi connectivity index (χ0n) is 12.3. The van der Waals surface area contributed by atoms with E-state index in [0.29, 0.717) is 11.5 Å². The fourth-order valence-electron chi connectivity index (χ4n) is 3.48. The van der Waals surface area contributed by atoms with Gasteiger partial charge in [0.25, 0.3) is 0 Å². The molecular weight excluding hydrogens is 274 g/mol. The van der Waals surface area contributed by atoms with Crippen LogP contribution in [0.25, 0.3) is 0 Å². The number of hydrogen-bond acceptors (Lipinski definition) is 2. The molecule has 1 atom stereocenters. The molecule has 0 amide bonds. The van der Waals surface area contributed by atoms with Gasteiger partial charge in [0.2, 0.25) is 0 Å². The van der Waals surface area contributed by atoms with Crippen LogP contribution in [0.2, 0.25) is 4.34 Å². The predicted molar refractivity (Wildman–Crippen MR) is 86.1 cm³/mol. The van der Waals surface area contributed by atoms with Gasteiger partial charge in [0.1, 0.15) is 0 Å². The Morgan fingerprint density at radius 1 is 1.26 bits per heavy atom. The zero-order valence-corrected chi connectivity index (χ0v) is 13.9. The number of rotatable bonds is 6. The Balaban J connectivity index is 1.91. The molecule has 0 aliphatic heterocycles. The summed E-state index contributed by atoms with van der Waals surface area (Å²) in [6, 6.07) is 4.57. The Hall–Kier alpha value is -0.0500. The third kappa shape index (κ3) is 4.21. The van der Waals surface area contributed by atoms with Gasteiger partial charge in [0.05, 0.1) is 4.34 Å². The normalized spacial score (nSPS) is 20.1. The van der Waals surface area contributed by atoms with Crippen molar-refractivity contribution in [3.05, 3.63) is 21.3 Å². The molecule has 2 rings (SSSR count). The minimum Gasteiger partial charge on any atom is -0.309 e. The largest absolute Gasteiger partial charge is 0.309 e. The van der Waals surface area contributed by atoms with Crippen molar-refractivity contribution in [2.45, 2.75) is 58.9 Å². The fraction of sp³-hybridized carbons (Fsp3) is 0.750. The summed E-state index contributed by atoms with van der Waals surface area (Å²) in [5.74, 6) is 0.798. The van der Waals surface area contributed by atoms with Gasteiger partial charge < -0.3 is 5.32 Å². The van der Waals surface area contributed by atoms with Crippen LogP contribution in [0.5, 0.6) is 0 Å². The van der Waals surface area contributed by atoms with Crippen molar-refractivity contribution in [3.8, 4) is 0 Å². The van der Waals surface area contributed by atoms with E-state index in [1.165, 1.54) is 37.0 Å². The Morgan fingerprint density at radius 3 is 2.47 bits per heavy atom. The highest BCUT2D eigenvalue weighted by Gasteiger charge is 2.34. The summed E-state index contributed by atoms with van der Waals surface area (Å²) in [6.45, 7) is 8.10. The summed E-state index contributed by atoms with van der Waals surface area (Å²) in [5, 5.41) is 3.75. The summed E-state index contributed by atoms with van der Waals surface area (Å²) in [5.41, 5.74) is 0.545. The molecule has 1 nitrogen and oxygen atoms in total. The summed E-state index contributed by atoms with van der Waals surface area (Å²) in [4.78, 5) is 1.35. The summed E-state index contributed by atoms with van der Waals surface area (Å²) >= 11 is 7.71. The van der Waals surface area contributed by atoms with Gasteiger partial charge in [0, 0.05) is 17.5 Å². The van der Waals surface area contributed by atoms with Crippen LogP contribution in [-0.2, 0) is 0 Å². The number of halogens is 1. The van der Waals surface area contributed by atoms with Crippen molar-refractivity contribution in [2.75, 3.05) is 6.54 Å². The van der Waals surface area contributed by atoms with Crippen LogP contribution in [0.1, 0.15) is 63.8 Å². The maximum absolute atomic E-state index is 6.02. The lowest BCUT2D eigenvalue weighted by atomic mass is 9.78. The van der Waals surface area contributed by atoms with Crippen molar-refractivity contribution in [2.24, 2.45) is 11.3 Å². The van der Waals surface area contributed by atoms with E-state index in [2.05, 4.69) is 32.2 Å². The lowest BCUT2D eigenvalue weighted by Gasteiger charge is -2.32. The molecule has 19 heavy (non-hydrogen) atoms. The Labute approximate surface area is 126 Å². The highest BCUT2D eigenvalue weighted by molar-refractivity contribution is 7.16.